The van der Waals surface area contributed by atoms with E-state index < -0.39 is 0 Å². The number of aromatic nitrogens is 3. The number of H-pyrrole nitrogens is 1. The van der Waals surface area contributed by atoms with Gasteiger partial charge in [-0.25, -0.2) is 4.98 Å². The van der Waals surface area contributed by atoms with Gasteiger partial charge >= 0.3 is 0 Å². The van der Waals surface area contributed by atoms with Crippen molar-refractivity contribution in [1.29, 1.82) is 0 Å². The summed E-state index contributed by atoms with van der Waals surface area (Å²) in [5.74, 6) is -0.187. The summed E-state index contributed by atoms with van der Waals surface area (Å²) in [7, 11) is 0. The smallest absolute Gasteiger partial charge is 0.278 e. The topological polar surface area (TPSA) is 96.7 Å². The lowest BCUT2D eigenvalue weighted by Gasteiger charge is -2.06. The van der Waals surface area contributed by atoms with E-state index in [1.807, 2.05) is 13.8 Å². The van der Waals surface area contributed by atoms with Crippen molar-refractivity contribution < 1.29 is 4.79 Å². The minimum Gasteiger partial charge on any atom is -0.395 e. The van der Waals surface area contributed by atoms with Crippen LogP contribution in [0.2, 0.25) is 0 Å². The normalized spacial score (nSPS) is 10.7. The van der Waals surface area contributed by atoms with Crippen molar-refractivity contribution >= 4 is 33.2 Å². The van der Waals surface area contributed by atoms with Crippen molar-refractivity contribution in [1.82, 2.24) is 15.2 Å². The van der Waals surface area contributed by atoms with E-state index in [0.29, 0.717) is 16.0 Å². The Morgan fingerprint density at radius 3 is 2.84 bits per heavy atom. The van der Waals surface area contributed by atoms with Gasteiger partial charge in [-0.3, -0.25) is 9.89 Å². The highest BCUT2D eigenvalue weighted by Crippen LogP contribution is 2.24. The molecule has 0 saturated heterocycles. The molecule has 6 nitrogen and oxygen atoms in total. The molecule has 0 aliphatic carbocycles. The Labute approximate surface area is 118 Å². The molecule has 2 aromatic rings. The van der Waals surface area contributed by atoms with Gasteiger partial charge in [-0.05, 0) is 34.0 Å². The van der Waals surface area contributed by atoms with E-state index in [1.165, 1.54) is 0 Å². The summed E-state index contributed by atoms with van der Waals surface area (Å²) in [4.78, 5) is 16.1. The zero-order valence-corrected chi connectivity index (χ0v) is 12.2. The average Bonchev–Trinajstić information content (AvgIpc) is 2.74. The second-order valence-corrected chi connectivity index (χ2v) is 5.10. The third kappa shape index (κ3) is 2.76. The number of anilines is 2. The minimum atomic E-state index is -0.366. The molecule has 100 valence electrons. The van der Waals surface area contributed by atoms with Gasteiger partial charge in [-0.2, -0.15) is 5.10 Å². The second kappa shape index (κ2) is 5.40. The molecule has 2 rings (SSSR count). The highest BCUT2D eigenvalue weighted by Gasteiger charge is 2.19. The van der Waals surface area contributed by atoms with Gasteiger partial charge in [0.05, 0.1) is 17.1 Å². The van der Waals surface area contributed by atoms with Crippen LogP contribution < -0.4 is 11.1 Å². The lowest BCUT2D eigenvalue weighted by molar-refractivity contribution is 0.102. The second-order valence-electron chi connectivity index (χ2n) is 4.35. The summed E-state index contributed by atoms with van der Waals surface area (Å²) >= 11 is 3.26. The molecular formula is C12H14BrN5O. The van der Waals surface area contributed by atoms with Gasteiger partial charge in [-0.1, -0.05) is 13.8 Å². The van der Waals surface area contributed by atoms with Crippen LogP contribution in [-0.2, 0) is 0 Å². The quantitative estimate of drug-likeness (QED) is 0.756. The van der Waals surface area contributed by atoms with Crippen molar-refractivity contribution in [3.63, 3.8) is 0 Å². The third-order valence-corrected chi connectivity index (χ3v) is 3.27. The van der Waals surface area contributed by atoms with Crippen LogP contribution in [0.15, 0.2) is 22.9 Å². The molecule has 7 heteroatoms. The standard InChI is InChI=1S/C12H14BrN5O/c1-6(2)9-8(14)10(18-17-9)12(19)16-7-4-3-5-15-11(7)13/h3-6H,14H2,1-2H3,(H,16,19)(H,17,18). The molecule has 0 spiro atoms. The Balaban J connectivity index is 2.24. The molecule has 0 aromatic carbocycles. The molecule has 19 heavy (non-hydrogen) atoms. The summed E-state index contributed by atoms with van der Waals surface area (Å²) < 4.78 is 0.557. The van der Waals surface area contributed by atoms with Crippen molar-refractivity contribution in [2.75, 3.05) is 11.1 Å². The number of rotatable bonds is 3. The number of carbonyl (C=O) groups excluding carboxylic acids is 1. The van der Waals surface area contributed by atoms with E-state index in [1.54, 1.807) is 18.3 Å². The molecule has 0 bridgehead atoms. The highest BCUT2D eigenvalue weighted by atomic mass is 79.9. The fraction of sp³-hybridized carbons (Fsp3) is 0.250. The molecule has 0 aliphatic heterocycles. The van der Waals surface area contributed by atoms with E-state index in [9.17, 15) is 4.79 Å². The maximum Gasteiger partial charge on any atom is 0.278 e. The first-order valence-corrected chi connectivity index (χ1v) is 6.55. The number of nitrogen functional groups attached to an aromatic ring is 1. The van der Waals surface area contributed by atoms with Crippen LogP contribution in [0.3, 0.4) is 0 Å². The van der Waals surface area contributed by atoms with Crippen LogP contribution in [-0.4, -0.2) is 21.1 Å². The lowest BCUT2D eigenvalue weighted by atomic mass is 10.1. The first-order chi connectivity index (χ1) is 9.00. The van der Waals surface area contributed by atoms with Gasteiger partial charge in [0.1, 0.15) is 4.60 Å². The van der Waals surface area contributed by atoms with Gasteiger partial charge < -0.3 is 11.1 Å². The van der Waals surface area contributed by atoms with Crippen molar-refractivity contribution in [2.45, 2.75) is 19.8 Å². The molecule has 0 atom stereocenters. The summed E-state index contributed by atoms with van der Waals surface area (Å²) in [5, 5.41) is 9.47. The molecule has 1 amide bonds. The van der Waals surface area contributed by atoms with Gasteiger partial charge in [-0.15, -0.1) is 0 Å². The number of pyridine rings is 1. The minimum absolute atomic E-state index is 0.180. The lowest BCUT2D eigenvalue weighted by Crippen LogP contribution is -2.15. The van der Waals surface area contributed by atoms with E-state index in [0.717, 1.165) is 5.69 Å². The third-order valence-electron chi connectivity index (χ3n) is 2.63. The molecule has 2 aromatic heterocycles. The van der Waals surface area contributed by atoms with Crippen LogP contribution in [0.5, 0.6) is 0 Å². The highest BCUT2D eigenvalue weighted by molar-refractivity contribution is 9.10. The molecule has 0 unspecified atom stereocenters. The molecule has 0 fully saturated rings. The van der Waals surface area contributed by atoms with Crippen molar-refractivity contribution in [3.05, 3.63) is 34.3 Å². The zero-order valence-electron chi connectivity index (χ0n) is 10.6. The van der Waals surface area contributed by atoms with Crippen LogP contribution in [0.25, 0.3) is 0 Å². The monoisotopic (exact) mass is 323 g/mol. The number of amides is 1. The number of hydrogen-bond donors (Lipinski definition) is 3. The largest absolute Gasteiger partial charge is 0.395 e. The fourth-order valence-electron chi connectivity index (χ4n) is 1.64. The van der Waals surface area contributed by atoms with Gasteiger partial charge in [0.15, 0.2) is 5.69 Å². The Bertz CT molecular complexity index is 608. The van der Waals surface area contributed by atoms with Crippen molar-refractivity contribution in [2.24, 2.45) is 0 Å². The summed E-state index contributed by atoms with van der Waals surface area (Å²) in [5.41, 5.74) is 7.82. The molecule has 4 N–H and O–H groups in total. The maximum atomic E-state index is 12.1. The van der Waals surface area contributed by atoms with Gasteiger partial charge in [0, 0.05) is 6.20 Å². The number of nitrogens with one attached hydrogen (secondary N) is 2. The SMILES string of the molecule is CC(C)c1[nH]nc(C(=O)Nc2cccnc2Br)c1N. The summed E-state index contributed by atoms with van der Waals surface area (Å²) in [6.07, 6.45) is 1.62. The van der Waals surface area contributed by atoms with Gasteiger partial charge in [0.25, 0.3) is 5.91 Å². The number of halogens is 1. The Morgan fingerprint density at radius 2 is 2.26 bits per heavy atom. The number of nitrogens with zero attached hydrogens (tertiary/aromatic N) is 2. The first-order valence-electron chi connectivity index (χ1n) is 5.76. The molecule has 0 radical (unpaired) electrons. The van der Waals surface area contributed by atoms with E-state index >= 15 is 0 Å². The molecular weight excluding hydrogens is 310 g/mol. The Hall–Kier alpha value is -1.89. The summed E-state index contributed by atoms with van der Waals surface area (Å²) in [6.45, 7) is 3.95. The predicted octanol–water partition coefficient (Wildman–Crippen LogP) is 2.53. The van der Waals surface area contributed by atoms with Crippen molar-refractivity contribution in [3.8, 4) is 0 Å². The number of hydrogen-bond acceptors (Lipinski definition) is 4. The first kappa shape index (κ1) is 13.5. The maximum absolute atomic E-state index is 12.1. The van der Waals surface area contributed by atoms with Gasteiger partial charge in [0.2, 0.25) is 0 Å². The molecule has 0 aliphatic rings. The van der Waals surface area contributed by atoms with Crippen LogP contribution in [0, 0.1) is 0 Å². The number of carbonyl (C=O) groups is 1. The zero-order chi connectivity index (χ0) is 14.0. The van der Waals surface area contributed by atoms with Crippen LogP contribution in [0.1, 0.15) is 35.9 Å². The van der Waals surface area contributed by atoms with E-state index in [2.05, 4.69) is 36.4 Å². The average molecular weight is 324 g/mol. The Kier molecular flexibility index (Phi) is 3.84. The Morgan fingerprint density at radius 1 is 1.53 bits per heavy atom. The van der Waals surface area contributed by atoms with E-state index in [-0.39, 0.29) is 17.5 Å². The number of aromatic amines is 1. The summed E-state index contributed by atoms with van der Waals surface area (Å²) in [6, 6.07) is 3.47. The predicted molar refractivity (Wildman–Crippen MR) is 77.0 cm³/mol. The van der Waals surface area contributed by atoms with E-state index in [4.69, 9.17) is 5.73 Å². The molecule has 2 heterocycles. The number of nitrogens with two attached hydrogens (primary N) is 1. The van der Waals surface area contributed by atoms with Crippen LogP contribution in [0.4, 0.5) is 11.4 Å². The molecule has 0 saturated carbocycles. The van der Waals surface area contributed by atoms with Crippen LogP contribution >= 0.6 is 15.9 Å². The fourth-order valence-corrected chi connectivity index (χ4v) is 1.99.